The van der Waals surface area contributed by atoms with Gasteiger partial charge in [-0.3, -0.25) is 13.9 Å². The third-order valence-electron chi connectivity index (χ3n) is 5.77. The molecule has 202 valence electrons. The molecule has 0 spiro atoms. The highest BCUT2D eigenvalue weighted by Gasteiger charge is 2.34. The van der Waals surface area contributed by atoms with Gasteiger partial charge >= 0.3 is 0 Å². The van der Waals surface area contributed by atoms with Crippen molar-refractivity contribution in [2.24, 2.45) is 0 Å². The number of rotatable bonds is 10. The second-order valence-corrected chi connectivity index (χ2v) is 12.4. The number of carbonyl (C=O) groups is 2. The van der Waals surface area contributed by atoms with Crippen LogP contribution in [0.25, 0.3) is 0 Å². The molecule has 0 bridgehead atoms. The second-order valence-electron chi connectivity index (χ2n) is 9.76. The Morgan fingerprint density at radius 2 is 1.70 bits per heavy atom. The van der Waals surface area contributed by atoms with Crippen LogP contribution in [0, 0.1) is 0 Å². The fourth-order valence-electron chi connectivity index (χ4n) is 3.92. The number of nitrogens with one attached hydrogen (secondary N) is 1. The third kappa shape index (κ3) is 7.29. The highest BCUT2D eigenvalue weighted by Crippen LogP contribution is 2.36. The number of anilines is 1. The summed E-state index contributed by atoms with van der Waals surface area (Å²) in [6.45, 7) is 8.56. The smallest absolute Gasteiger partial charge is 0.244 e. The molecule has 9 nitrogen and oxygen atoms in total. The number of nitrogens with zero attached hydrogens (tertiary/aromatic N) is 2. The minimum Gasteiger partial charge on any atom is -0.454 e. The molecule has 1 N–H and O–H groups in total. The number of halogens is 1. The van der Waals surface area contributed by atoms with Crippen LogP contribution in [0.3, 0.4) is 0 Å². The summed E-state index contributed by atoms with van der Waals surface area (Å²) >= 11 is 6.03. The first-order chi connectivity index (χ1) is 17.3. The number of fused-ring (bicyclic) bond motifs is 1. The molecule has 0 unspecified atom stereocenters. The molecule has 0 aliphatic carbocycles. The molecule has 0 fully saturated rings. The van der Waals surface area contributed by atoms with Crippen LogP contribution in [0.15, 0.2) is 42.5 Å². The molecular formula is C26H34ClN3O6S. The summed E-state index contributed by atoms with van der Waals surface area (Å²) in [5.41, 5.74) is 0.523. The van der Waals surface area contributed by atoms with Crippen LogP contribution >= 0.6 is 11.6 Å². The van der Waals surface area contributed by atoms with E-state index in [9.17, 15) is 18.0 Å². The lowest BCUT2D eigenvalue weighted by Crippen LogP contribution is -2.55. The van der Waals surface area contributed by atoms with Gasteiger partial charge in [-0.2, -0.15) is 0 Å². The molecule has 0 saturated carbocycles. The zero-order chi connectivity index (χ0) is 27.4. The fraction of sp³-hybridized carbons (Fsp3) is 0.462. The largest absolute Gasteiger partial charge is 0.454 e. The van der Waals surface area contributed by atoms with Gasteiger partial charge in [-0.05, 0) is 63.9 Å². The number of hydrogen-bond donors (Lipinski definition) is 1. The maximum absolute atomic E-state index is 13.8. The molecule has 1 aliphatic heterocycles. The summed E-state index contributed by atoms with van der Waals surface area (Å²) in [6, 6.07) is 10.9. The zero-order valence-electron chi connectivity index (χ0n) is 21.8. The fourth-order valence-corrected chi connectivity index (χ4v) is 5.10. The number of ether oxygens (including phenoxy) is 2. The Labute approximate surface area is 223 Å². The van der Waals surface area contributed by atoms with Gasteiger partial charge in [0, 0.05) is 23.2 Å². The number of benzene rings is 2. The normalized spacial score (nSPS) is 13.7. The molecule has 37 heavy (non-hydrogen) atoms. The maximum atomic E-state index is 13.8. The van der Waals surface area contributed by atoms with Crippen LogP contribution in [-0.4, -0.2) is 55.8 Å². The monoisotopic (exact) mass is 551 g/mol. The minimum absolute atomic E-state index is 0.0359. The van der Waals surface area contributed by atoms with E-state index in [1.54, 1.807) is 36.4 Å². The molecule has 0 saturated heterocycles. The van der Waals surface area contributed by atoms with Crippen LogP contribution in [-0.2, 0) is 26.2 Å². The number of amides is 2. The van der Waals surface area contributed by atoms with Crippen molar-refractivity contribution in [1.29, 1.82) is 0 Å². The molecule has 0 radical (unpaired) electrons. The van der Waals surface area contributed by atoms with Crippen molar-refractivity contribution < 1.29 is 27.5 Å². The van der Waals surface area contributed by atoms with Gasteiger partial charge < -0.3 is 19.7 Å². The van der Waals surface area contributed by atoms with E-state index in [1.165, 1.54) is 17.9 Å². The Balaban J connectivity index is 1.98. The van der Waals surface area contributed by atoms with E-state index in [4.69, 9.17) is 21.1 Å². The lowest BCUT2D eigenvalue weighted by molar-refractivity contribution is -0.141. The van der Waals surface area contributed by atoms with E-state index in [1.807, 2.05) is 27.7 Å². The highest BCUT2D eigenvalue weighted by molar-refractivity contribution is 7.92. The van der Waals surface area contributed by atoms with Gasteiger partial charge in [-0.1, -0.05) is 30.7 Å². The van der Waals surface area contributed by atoms with Gasteiger partial charge in [0.2, 0.25) is 28.6 Å². The molecule has 11 heteroatoms. The van der Waals surface area contributed by atoms with Gasteiger partial charge in [0.25, 0.3) is 0 Å². The Bertz CT molecular complexity index is 1230. The summed E-state index contributed by atoms with van der Waals surface area (Å²) in [5, 5.41) is 3.48. The number of hydrogen-bond acceptors (Lipinski definition) is 6. The first-order valence-corrected chi connectivity index (χ1v) is 14.1. The van der Waals surface area contributed by atoms with Crippen molar-refractivity contribution in [2.75, 3.05) is 23.4 Å². The summed E-state index contributed by atoms with van der Waals surface area (Å²) in [4.78, 5) is 28.5. The van der Waals surface area contributed by atoms with E-state index in [0.29, 0.717) is 22.9 Å². The molecule has 2 amide bonds. The van der Waals surface area contributed by atoms with Gasteiger partial charge in [0.1, 0.15) is 12.6 Å². The van der Waals surface area contributed by atoms with Crippen molar-refractivity contribution in [3.8, 4) is 11.5 Å². The van der Waals surface area contributed by atoms with Crippen LogP contribution < -0.4 is 19.1 Å². The van der Waals surface area contributed by atoms with Gasteiger partial charge in [0.05, 0.1) is 11.4 Å². The molecule has 0 aromatic heterocycles. The first kappa shape index (κ1) is 28.6. The molecule has 1 heterocycles. The van der Waals surface area contributed by atoms with Crippen molar-refractivity contribution in [2.45, 2.75) is 59.2 Å². The number of sulfonamides is 1. The lowest BCUT2D eigenvalue weighted by Gasteiger charge is -2.34. The van der Waals surface area contributed by atoms with Crippen LogP contribution in [0.2, 0.25) is 5.02 Å². The topological polar surface area (TPSA) is 105 Å². The van der Waals surface area contributed by atoms with Crippen molar-refractivity contribution in [1.82, 2.24) is 10.2 Å². The molecular weight excluding hydrogens is 518 g/mol. The molecule has 1 atom stereocenters. The summed E-state index contributed by atoms with van der Waals surface area (Å²) in [6.07, 6.45) is 0.339. The lowest BCUT2D eigenvalue weighted by atomic mass is 10.1. The van der Waals surface area contributed by atoms with E-state index < -0.39 is 34.1 Å². The van der Waals surface area contributed by atoms with E-state index in [2.05, 4.69) is 5.32 Å². The predicted molar refractivity (Wildman–Crippen MR) is 143 cm³/mol. The first-order valence-electron chi connectivity index (χ1n) is 12.1. The zero-order valence-corrected chi connectivity index (χ0v) is 23.4. The Morgan fingerprint density at radius 3 is 2.30 bits per heavy atom. The van der Waals surface area contributed by atoms with Gasteiger partial charge in [-0.15, -0.1) is 0 Å². The quantitative estimate of drug-likeness (QED) is 0.479. The maximum Gasteiger partial charge on any atom is 0.244 e. The Hall–Kier alpha value is -2.98. The summed E-state index contributed by atoms with van der Waals surface area (Å²) in [5.74, 6) is -0.146. The Kier molecular flexibility index (Phi) is 8.96. The summed E-state index contributed by atoms with van der Waals surface area (Å²) < 4.78 is 38.0. The Morgan fingerprint density at radius 1 is 1.05 bits per heavy atom. The van der Waals surface area contributed by atoms with Crippen LogP contribution in [0.5, 0.6) is 11.5 Å². The van der Waals surface area contributed by atoms with E-state index in [-0.39, 0.29) is 30.7 Å². The number of carbonyl (C=O) groups excluding carboxylic acids is 2. The summed E-state index contributed by atoms with van der Waals surface area (Å²) in [7, 11) is -3.85. The van der Waals surface area contributed by atoms with Gasteiger partial charge in [0.15, 0.2) is 11.5 Å². The SMILES string of the molecule is CC[C@@H](C(=O)NC(C)(C)C)N(Cc1ccc(Cl)cc1)C(=O)CN(c1ccc2c(c1)OCO2)S(=O)(=O)CC. The van der Waals surface area contributed by atoms with Gasteiger partial charge in [-0.25, -0.2) is 8.42 Å². The van der Waals surface area contributed by atoms with Crippen molar-refractivity contribution >= 4 is 39.1 Å². The predicted octanol–water partition coefficient (Wildman–Crippen LogP) is 3.95. The average Bonchev–Trinajstić information content (AvgIpc) is 3.30. The third-order valence-corrected chi connectivity index (χ3v) is 7.77. The molecule has 3 rings (SSSR count). The average molecular weight is 552 g/mol. The standard InChI is InChI=1S/C26H34ClN3O6S/c1-6-21(25(32)28-26(3,4)5)29(15-18-8-10-19(27)11-9-18)24(31)16-30(37(33,34)7-2)20-12-13-22-23(14-20)36-17-35-22/h8-14,21H,6-7,15-17H2,1-5H3,(H,28,32)/t21-/m0/s1. The van der Waals surface area contributed by atoms with Crippen molar-refractivity contribution in [3.63, 3.8) is 0 Å². The van der Waals surface area contributed by atoms with Crippen molar-refractivity contribution in [3.05, 3.63) is 53.1 Å². The van der Waals surface area contributed by atoms with Crippen LogP contribution in [0.1, 0.15) is 46.6 Å². The van der Waals surface area contributed by atoms with E-state index >= 15 is 0 Å². The molecule has 1 aliphatic rings. The van der Waals surface area contributed by atoms with E-state index in [0.717, 1.165) is 9.87 Å². The van der Waals surface area contributed by atoms with Crippen LogP contribution in [0.4, 0.5) is 5.69 Å². The minimum atomic E-state index is -3.85. The highest BCUT2D eigenvalue weighted by atomic mass is 35.5. The molecule has 2 aromatic rings. The molecule has 2 aromatic carbocycles. The second kappa shape index (κ2) is 11.6.